The van der Waals surface area contributed by atoms with Crippen LogP contribution in [0.1, 0.15) is 45.4 Å². The van der Waals surface area contributed by atoms with Gasteiger partial charge in [-0.15, -0.1) is 0 Å². The first-order chi connectivity index (χ1) is 17.5. The van der Waals surface area contributed by atoms with E-state index in [4.69, 9.17) is 4.98 Å². The van der Waals surface area contributed by atoms with E-state index in [9.17, 15) is 9.90 Å². The van der Waals surface area contributed by atoms with Gasteiger partial charge in [-0.25, -0.2) is 19.3 Å². The Morgan fingerprint density at radius 3 is 2.46 bits per heavy atom. The monoisotopic (exact) mass is 503 g/mol. The molecule has 0 aliphatic carbocycles. The van der Waals surface area contributed by atoms with Crippen LogP contribution < -0.4 is 10.9 Å². The lowest BCUT2D eigenvalue weighted by Gasteiger charge is -2.19. The number of nitrogens with one attached hydrogen (secondary N) is 1. The van der Waals surface area contributed by atoms with Crippen LogP contribution in [0.25, 0.3) is 16.9 Å². The highest BCUT2D eigenvalue weighted by atomic mass is 16.3. The number of rotatable bonds is 10. The van der Waals surface area contributed by atoms with E-state index in [1.54, 1.807) is 35.5 Å². The molecule has 0 aliphatic rings. The van der Waals surface area contributed by atoms with Crippen LogP contribution in [-0.2, 0) is 18.6 Å². The molecule has 4 rings (SSSR count). The van der Waals surface area contributed by atoms with Crippen molar-refractivity contribution in [3.8, 4) is 5.82 Å². The van der Waals surface area contributed by atoms with Gasteiger partial charge in [0, 0.05) is 25.0 Å². The van der Waals surface area contributed by atoms with Crippen LogP contribution in [0.2, 0.25) is 0 Å². The lowest BCUT2D eigenvalue weighted by atomic mass is 10.1. The summed E-state index contributed by atoms with van der Waals surface area (Å²) in [7, 11) is 4.13. The molecule has 0 saturated carbocycles. The van der Waals surface area contributed by atoms with Crippen molar-refractivity contribution in [3.63, 3.8) is 0 Å². The fraction of sp³-hybridized carbons (Fsp3) is 0.429. The number of anilines is 2. The van der Waals surface area contributed by atoms with E-state index in [2.05, 4.69) is 60.3 Å². The summed E-state index contributed by atoms with van der Waals surface area (Å²) in [6, 6.07) is 13.6. The van der Waals surface area contributed by atoms with E-state index in [1.165, 1.54) is 5.56 Å². The molecule has 3 heterocycles. The Kier molecular flexibility index (Phi) is 7.75. The van der Waals surface area contributed by atoms with Gasteiger partial charge in [0.05, 0.1) is 5.69 Å². The highest BCUT2D eigenvalue weighted by Gasteiger charge is 2.22. The molecular formula is C28H37N7O2. The number of hydrogen-bond donors (Lipinski definition) is 2. The molecule has 4 aromatic rings. The van der Waals surface area contributed by atoms with Gasteiger partial charge in [-0.3, -0.25) is 4.79 Å². The van der Waals surface area contributed by atoms with Gasteiger partial charge < -0.3 is 15.3 Å². The predicted octanol–water partition coefficient (Wildman–Crippen LogP) is 4.10. The van der Waals surface area contributed by atoms with Gasteiger partial charge in [0.15, 0.2) is 11.5 Å². The van der Waals surface area contributed by atoms with Crippen LogP contribution in [0.4, 0.5) is 11.6 Å². The Labute approximate surface area is 217 Å². The molecule has 0 fully saturated rings. The Hall–Kier alpha value is -3.56. The molecule has 0 spiro atoms. The molecule has 9 nitrogen and oxygen atoms in total. The number of aromatic nitrogens is 5. The van der Waals surface area contributed by atoms with Crippen LogP contribution in [0.3, 0.4) is 0 Å². The molecule has 37 heavy (non-hydrogen) atoms. The van der Waals surface area contributed by atoms with E-state index < -0.39 is 5.60 Å². The third-order valence-electron chi connectivity index (χ3n) is 6.23. The minimum atomic E-state index is -1.12. The van der Waals surface area contributed by atoms with Crippen LogP contribution in [0.15, 0.2) is 53.5 Å². The molecule has 196 valence electrons. The maximum atomic E-state index is 13.4. The van der Waals surface area contributed by atoms with Gasteiger partial charge in [0.1, 0.15) is 11.0 Å². The van der Waals surface area contributed by atoms with Gasteiger partial charge in [-0.2, -0.15) is 4.98 Å². The van der Waals surface area contributed by atoms with Crippen LogP contribution >= 0.6 is 0 Å². The van der Waals surface area contributed by atoms with Crippen molar-refractivity contribution < 1.29 is 5.11 Å². The first-order valence-electron chi connectivity index (χ1n) is 12.7. The normalized spacial score (nSPS) is 12.1. The summed E-state index contributed by atoms with van der Waals surface area (Å²) in [4.78, 5) is 29.4. The summed E-state index contributed by atoms with van der Waals surface area (Å²) >= 11 is 0. The maximum Gasteiger partial charge on any atom is 0.278 e. The molecule has 0 unspecified atom stereocenters. The first-order valence-corrected chi connectivity index (χ1v) is 12.7. The van der Waals surface area contributed by atoms with Crippen LogP contribution in [0.5, 0.6) is 0 Å². The van der Waals surface area contributed by atoms with E-state index in [0.29, 0.717) is 41.0 Å². The van der Waals surface area contributed by atoms with E-state index >= 15 is 0 Å². The van der Waals surface area contributed by atoms with Crippen LogP contribution in [0, 0.1) is 5.92 Å². The molecule has 2 N–H and O–H groups in total. The summed E-state index contributed by atoms with van der Waals surface area (Å²) in [5, 5.41) is 14.2. The number of aliphatic hydroxyl groups is 1. The highest BCUT2D eigenvalue weighted by Crippen LogP contribution is 2.22. The topological polar surface area (TPSA) is 101 Å². The molecule has 9 heteroatoms. The van der Waals surface area contributed by atoms with Gasteiger partial charge in [0.2, 0.25) is 5.95 Å². The third kappa shape index (κ3) is 6.23. The predicted molar refractivity (Wildman–Crippen MR) is 148 cm³/mol. The molecule has 0 amide bonds. The Balaban J connectivity index is 1.75. The lowest BCUT2D eigenvalue weighted by molar-refractivity contribution is 0.0738. The first kappa shape index (κ1) is 26.5. The van der Waals surface area contributed by atoms with E-state index in [-0.39, 0.29) is 5.56 Å². The zero-order chi connectivity index (χ0) is 26.7. The van der Waals surface area contributed by atoms with Crippen molar-refractivity contribution in [1.82, 2.24) is 29.2 Å². The van der Waals surface area contributed by atoms with Crippen molar-refractivity contribution in [2.24, 2.45) is 5.92 Å². The summed E-state index contributed by atoms with van der Waals surface area (Å²) in [5.41, 5.74) is 1.81. The fourth-order valence-electron chi connectivity index (χ4n) is 4.02. The number of hydrogen-bond acceptors (Lipinski definition) is 7. The van der Waals surface area contributed by atoms with Gasteiger partial charge in [-0.1, -0.05) is 32.0 Å². The van der Waals surface area contributed by atoms with Crippen molar-refractivity contribution in [3.05, 3.63) is 70.3 Å². The molecule has 1 aromatic carbocycles. The summed E-state index contributed by atoms with van der Waals surface area (Å²) < 4.78 is 3.41. The second kappa shape index (κ2) is 10.8. The quantitative estimate of drug-likeness (QED) is 0.336. The third-order valence-corrected chi connectivity index (χ3v) is 6.23. The van der Waals surface area contributed by atoms with E-state index in [0.717, 1.165) is 25.1 Å². The lowest BCUT2D eigenvalue weighted by Crippen LogP contribution is -2.25. The van der Waals surface area contributed by atoms with Gasteiger partial charge in [-0.05, 0) is 76.5 Å². The molecule has 0 saturated heterocycles. The average molecular weight is 504 g/mol. The Morgan fingerprint density at radius 1 is 1.08 bits per heavy atom. The number of likely N-dealkylation sites (N-methyl/N-ethyl adjacent to an activating group) is 1. The van der Waals surface area contributed by atoms with Crippen molar-refractivity contribution in [2.75, 3.05) is 26.0 Å². The molecule has 0 radical (unpaired) electrons. The number of pyridine rings is 1. The number of fused-ring (bicyclic) bond motifs is 1. The minimum Gasteiger partial charge on any atom is -0.384 e. The van der Waals surface area contributed by atoms with Crippen molar-refractivity contribution in [1.29, 1.82) is 0 Å². The summed E-state index contributed by atoms with van der Waals surface area (Å²) in [6.45, 7) is 9.13. The van der Waals surface area contributed by atoms with Crippen LogP contribution in [-0.4, -0.2) is 55.0 Å². The maximum absolute atomic E-state index is 13.4. The zero-order valence-electron chi connectivity index (χ0n) is 22.6. The molecule has 0 aliphatic heterocycles. The molecule has 3 aromatic heterocycles. The van der Waals surface area contributed by atoms with Gasteiger partial charge in [0.25, 0.3) is 5.56 Å². The number of nitrogens with zero attached hydrogens (tertiary/aromatic N) is 6. The SMILES string of the molecule is CC(C)CCn1c(=O)c2cnc(Nc3ccc(CCN(C)C)cc3)nc2n1-c1cccc(C(C)(C)O)n1. The summed E-state index contributed by atoms with van der Waals surface area (Å²) in [5.74, 6) is 1.32. The standard InChI is InChI=1S/C28H37N7O2/c1-19(2)14-17-34-26(36)22-18-29-27(30-21-12-10-20(11-13-21)15-16-33(5)6)32-25(22)35(34)24-9-7-8-23(31-24)28(3,4)37/h7-13,18-19,37H,14-17H2,1-6H3,(H,29,30,32). The van der Waals surface area contributed by atoms with E-state index in [1.807, 2.05) is 24.3 Å². The fourth-order valence-corrected chi connectivity index (χ4v) is 4.02. The minimum absolute atomic E-state index is 0.164. The largest absolute Gasteiger partial charge is 0.384 e. The Morgan fingerprint density at radius 2 is 1.81 bits per heavy atom. The molecular weight excluding hydrogens is 466 g/mol. The highest BCUT2D eigenvalue weighted by molar-refractivity contribution is 5.77. The van der Waals surface area contributed by atoms with Gasteiger partial charge >= 0.3 is 0 Å². The second-order valence-corrected chi connectivity index (χ2v) is 10.7. The molecule has 0 atom stereocenters. The second-order valence-electron chi connectivity index (χ2n) is 10.7. The average Bonchev–Trinajstić information content (AvgIpc) is 3.12. The van der Waals surface area contributed by atoms with Crippen molar-refractivity contribution in [2.45, 2.75) is 52.7 Å². The summed E-state index contributed by atoms with van der Waals surface area (Å²) in [6.07, 6.45) is 3.36. The molecule has 0 bridgehead atoms. The zero-order valence-corrected chi connectivity index (χ0v) is 22.6. The van der Waals surface area contributed by atoms with Crippen molar-refractivity contribution >= 4 is 22.7 Å². The smallest absolute Gasteiger partial charge is 0.278 e. The number of benzene rings is 1. The Bertz CT molecular complexity index is 1410.